The number of rotatable bonds is 3. The molecular weight excluding hydrogens is 246 g/mol. The first kappa shape index (κ1) is 11.8. The second kappa shape index (κ2) is 4.33. The first-order valence-corrected chi connectivity index (χ1v) is 6.85. The number of hydrogen-bond acceptors (Lipinski definition) is 5. The minimum Gasteiger partial charge on any atom is -0.487 e. The van der Waals surface area contributed by atoms with Gasteiger partial charge in [0.1, 0.15) is 6.10 Å². The monoisotopic (exact) mass is 257 g/mol. The van der Waals surface area contributed by atoms with Crippen molar-refractivity contribution in [2.24, 2.45) is 0 Å². The highest BCUT2D eigenvalue weighted by Gasteiger charge is 2.30. The number of pyridine rings is 1. The predicted octanol–water partition coefficient (Wildman–Crippen LogP) is 0.346. The fourth-order valence-corrected chi connectivity index (χ4v) is 3.27. The first-order valence-electron chi connectivity index (χ1n) is 5.03. The van der Waals surface area contributed by atoms with Crippen molar-refractivity contribution >= 4 is 15.8 Å². The van der Waals surface area contributed by atoms with E-state index in [4.69, 9.17) is 9.84 Å². The molecule has 1 aliphatic heterocycles. The summed E-state index contributed by atoms with van der Waals surface area (Å²) in [6.07, 6.45) is 1.25. The normalized spacial score (nSPS) is 22.2. The molecule has 2 heterocycles. The summed E-state index contributed by atoms with van der Waals surface area (Å²) in [7, 11) is -3.04. The second-order valence-corrected chi connectivity index (χ2v) is 6.03. The SMILES string of the molecule is O=C(O)c1ncccc1OC1CCS(=O)(=O)C1. The number of ether oxygens (including phenoxy) is 1. The van der Waals surface area contributed by atoms with Crippen LogP contribution in [0, 0.1) is 0 Å². The van der Waals surface area contributed by atoms with E-state index in [9.17, 15) is 13.2 Å². The zero-order valence-corrected chi connectivity index (χ0v) is 9.68. The van der Waals surface area contributed by atoms with Gasteiger partial charge < -0.3 is 9.84 Å². The van der Waals surface area contributed by atoms with Crippen molar-refractivity contribution in [3.63, 3.8) is 0 Å². The molecule has 0 aliphatic carbocycles. The number of aromatic nitrogens is 1. The van der Waals surface area contributed by atoms with Crippen LogP contribution in [-0.4, -0.2) is 42.1 Å². The van der Waals surface area contributed by atoms with Gasteiger partial charge in [0.25, 0.3) is 0 Å². The van der Waals surface area contributed by atoms with Crippen molar-refractivity contribution in [1.82, 2.24) is 4.98 Å². The lowest BCUT2D eigenvalue weighted by Crippen LogP contribution is -2.19. The lowest BCUT2D eigenvalue weighted by atomic mass is 10.3. The molecule has 7 heteroatoms. The van der Waals surface area contributed by atoms with Gasteiger partial charge in [-0.15, -0.1) is 0 Å². The van der Waals surface area contributed by atoms with E-state index >= 15 is 0 Å². The average molecular weight is 257 g/mol. The Hall–Kier alpha value is -1.63. The number of carbonyl (C=O) groups is 1. The Morgan fingerprint density at radius 3 is 2.88 bits per heavy atom. The third kappa shape index (κ3) is 2.73. The Morgan fingerprint density at radius 2 is 2.29 bits per heavy atom. The van der Waals surface area contributed by atoms with Crippen molar-refractivity contribution < 1.29 is 23.1 Å². The van der Waals surface area contributed by atoms with Gasteiger partial charge in [0.15, 0.2) is 21.3 Å². The molecule has 1 aromatic heterocycles. The lowest BCUT2D eigenvalue weighted by molar-refractivity contribution is 0.0683. The van der Waals surface area contributed by atoms with Gasteiger partial charge in [-0.25, -0.2) is 18.2 Å². The summed E-state index contributed by atoms with van der Waals surface area (Å²) in [5.74, 6) is -1.06. The molecule has 1 atom stereocenters. The number of carboxylic acids is 1. The summed E-state index contributed by atoms with van der Waals surface area (Å²) in [6.45, 7) is 0. The van der Waals surface area contributed by atoms with Crippen molar-refractivity contribution in [1.29, 1.82) is 0 Å². The number of aromatic carboxylic acids is 1. The summed E-state index contributed by atoms with van der Waals surface area (Å²) in [6, 6.07) is 3.02. The van der Waals surface area contributed by atoms with Crippen LogP contribution in [0.2, 0.25) is 0 Å². The molecule has 0 bridgehead atoms. The van der Waals surface area contributed by atoms with Gasteiger partial charge in [0, 0.05) is 6.20 Å². The van der Waals surface area contributed by atoms with E-state index in [0.717, 1.165) is 0 Å². The molecule has 0 radical (unpaired) electrons. The van der Waals surface area contributed by atoms with Crippen LogP contribution in [0.15, 0.2) is 18.3 Å². The van der Waals surface area contributed by atoms with Crippen LogP contribution in [0.1, 0.15) is 16.9 Å². The topological polar surface area (TPSA) is 93.6 Å². The maximum absolute atomic E-state index is 11.2. The van der Waals surface area contributed by atoms with Gasteiger partial charge in [-0.05, 0) is 18.6 Å². The summed E-state index contributed by atoms with van der Waals surface area (Å²) in [4.78, 5) is 14.5. The van der Waals surface area contributed by atoms with Crippen LogP contribution in [0.4, 0.5) is 0 Å². The van der Waals surface area contributed by atoms with E-state index in [0.29, 0.717) is 6.42 Å². The molecule has 17 heavy (non-hydrogen) atoms. The minimum atomic E-state index is -3.04. The van der Waals surface area contributed by atoms with Crippen LogP contribution in [0.5, 0.6) is 5.75 Å². The van der Waals surface area contributed by atoms with Gasteiger partial charge in [0.2, 0.25) is 0 Å². The molecule has 1 fully saturated rings. The van der Waals surface area contributed by atoms with E-state index in [2.05, 4.69) is 4.98 Å². The highest BCUT2D eigenvalue weighted by Crippen LogP contribution is 2.22. The Balaban J connectivity index is 2.17. The first-order chi connectivity index (χ1) is 7.98. The van der Waals surface area contributed by atoms with Crippen LogP contribution in [0.25, 0.3) is 0 Å². The van der Waals surface area contributed by atoms with Crippen molar-refractivity contribution in [2.75, 3.05) is 11.5 Å². The molecule has 1 N–H and O–H groups in total. The number of nitrogens with zero attached hydrogens (tertiary/aromatic N) is 1. The Kier molecular flexibility index (Phi) is 3.01. The van der Waals surface area contributed by atoms with Gasteiger partial charge >= 0.3 is 5.97 Å². The Morgan fingerprint density at radius 1 is 1.53 bits per heavy atom. The largest absolute Gasteiger partial charge is 0.487 e. The van der Waals surface area contributed by atoms with Gasteiger partial charge in [-0.1, -0.05) is 0 Å². The molecule has 1 saturated heterocycles. The van der Waals surface area contributed by atoms with Gasteiger partial charge in [-0.3, -0.25) is 0 Å². The fourth-order valence-electron chi connectivity index (χ4n) is 1.68. The van der Waals surface area contributed by atoms with Crippen LogP contribution in [-0.2, 0) is 9.84 Å². The lowest BCUT2D eigenvalue weighted by Gasteiger charge is -2.12. The van der Waals surface area contributed by atoms with Crippen LogP contribution in [0.3, 0.4) is 0 Å². The number of hydrogen-bond donors (Lipinski definition) is 1. The fraction of sp³-hybridized carbons (Fsp3) is 0.400. The molecule has 92 valence electrons. The van der Waals surface area contributed by atoms with Gasteiger partial charge in [0.05, 0.1) is 11.5 Å². The van der Waals surface area contributed by atoms with Crippen LogP contribution < -0.4 is 4.74 Å². The molecule has 1 aromatic rings. The van der Waals surface area contributed by atoms with Gasteiger partial charge in [-0.2, -0.15) is 0 Å². The molecule has 0 amide bonds. The zero-order chi connectivity index (χ0) is 12.5. The van der Waals surface area contributed by atoms with E-state index in [1.165, 1.54) is 12.3 Å². The number of sulfone groups is 1. The molecular formula is C10H11NO5S. The smallest absolute Gasteiger partial charge is 0.358 e. The summed E-state index contributed by atoms with van der Waals surface area (Å²) < 4.78 is 27.9. The Bertz CT molecular complexity index is 539. The quantitative estimate of drug-likeness (QED) is 0.839. The second-order valence-electron chi connectivity index (χ2n) is 3.80. The molecule has 0 saturated carbocycles. The molecule has 0 spiro atoms. The highest BCUT2D eigenvalue weighted by atomic mass is 32.2. The summed E-state index contributed by atoms with van der Waals surface area (Å²) >= 11 is 0. The third-order valence-corrected chi connectivity index (χ3v) is 4.19. The summed E-state index contributed by atoms with van der Waals surface area (Å²) in [5.41, 5.74) is -0.197. The van der Waals surface area contributed by atoms with E-state index in [1.54, 1.807) is 6.07 Å². The van der Waals surface area contributed by atoms with Crippen LogP contribution >= 0.6 is 0 Å². The van der Waals surface area contributed by atoms with Crippen molar-refractivity contribution in [3.05, 3.63) is 24.0 Å². The minimum absolute atomic E-state index is 0.0685. The third-order valence-electron chi connectivity index (χ3n) is 2.46. The molecule has 6 nitrogen and oxygen atoms in total. The predicted molar refractivity (Wildman–Crippen MR) is 58.9 cm³/mol. The number of carboxylic acid groups (broad SMARTS) is 1. The maximum Gasteiger partial charge on any atom is 0.358 e. The van der Waals surface area contributed by atoms with E-state index in [-0.39, 0.29) is 22.9 Å². The van der Waals surface area contributed by atoms with E-state index in [1.807, 2.05) is 0 Å². The van der Waals surface area contributed by atoms with E-state index < -0.39 is 21.9 Å². The maximum atomic E-state index is 11.2. The molecule has 1 unspecified atom stereocenters. The standard InChI is InChI=1S/C10H11NO5S/c12-10(13)9-8(2-1-4-11-9)16-7-3-5-17(14,15)6-7/h1-2,4,7H,3,5-6H2,(H,12,13). The Labute approximate surface area is 98.2 Å². The van der Waals surface area contributed by atoms with Crippen molar-refractivity contribution in [2.45, 2.75) is 12.5 Å². The molecule has 0 aromatic carbocycles. The molecule has 1 aliphatic rings. The average Bonchev–Trinajstić information content (AvgIpc) is 2.58. The van der Waals surface area contributed by atoms with Crippen molar-refractivity contribution in [3.8, 4) is 5.75 Å². The highest BCUT2D eigenvalue weighted by molar-refractivity contribution is 7.91. The summed E-state index contributed by atoms with van der Waals surface area (Å²) in [5, 5.41) is 8.88. The molecule has 2 rings (SSSR count). The zero-order valence-electron chi connectivity index (χ0n) is 8.87.